The molecule has 0 unspecified atom stereocenters. The second-order valence-electron chi connectivity index (χ2n) is 9.66. The lowest BCUT2D eigenvalue weighted by Gasteiger charge is -2.42. The highest BCUT2D eigenvalue weighted by Crippen LogP contribution is 2.49. The van der Waals surface area contributed by atoms with Crippen molar-refractivity contribution >= 4 is 39.1 Å². The van der Waals surface area contributed by atoms with Crippen molar-refractivity contribution in [2.24, 2.45) is 0 Å². The lowest BCUT2D eigenvalue weighted by atomic mass is 9.71. The largest absolute Gasteiger partial charge is 0.483 e. The number of rotatable bonds is 5. The van der Waals surface area contributed by atoms with Gasteiger partial charge in [0.2, 0.25) is 0 Å². The van der Waals surface area contributed by atoms with Gasteiger partial charge in [-0.05, 0) is 78.4 Å². The van der Waals surface area contributed by atoms with E-state index in [9.17, 15) is 14.4 Å². The van der Waals surface area contributed by atoms with Crippen LogP contribution < -0.4 is 10.1 Å². The highest BCUT2D eigenvalue weighted by molar-refractivity contribution is 9.10. The number of carbonyl (C=O) groups is 3. The molecule has 1 heterocycles. The van der Waals surface area contributed by atoms with E-state index in [1.807, 2.05) is 50.4 Å². The molecule has 36 heavy (non-hydrogen) atoms. The van der Waals surface area contributed by atoms with Gasteiger partial charge < -0.3 is 15.0 Å². The molecule has 2 aromatic rings. The topological polar surface area (TPSA) is 75.7 Å². The van der Waals surface area contributed by atoms with E-state index < -0.39 is 0 Å². The molecule has 0 fully saturated rings. The van der Waals surface area contributed by atoms with E-state index in [-0.39, 0.29) is 30.0 Å². The molecule has 0 saturated heterocycles. The standard InChI is InChI=1S/C29H29BrN2O4/c1-17-9-12-19(13-10-17)31-26(35)16-36-25-14-11-18(15-20(25)30)27-28-21(5-3-7-23(28)33)32(2)22-6-4-8-24(34)29(22)27/h9-15,27H,3-8,16H2,1-2H3,(H,31,35). The molecule has 0 spiro atoms. The van der Waals surface area contributed by atoms with E-state index in [2.05, 4.69) is 26.1 Å². The number of carbonyl (C=O) groups excluding carboxylic acids is 3. The third-order valence-electron chi connectivity index (χ3n) is 7.23. The maximum absolute atomic E-state index is 13.1. The number of nitrogens with zero attached hydrogens (tertiary/aromatic N) is 1. The molecule has 6 nitrogen and oxygen atoms in total. The fourth-order valence-corrected chi connectivity index (χ4v) is 5.99. The zero-order chi connectivity index (χ0) is 25.4. The van der Waals surface area contributed by atoms with Crippen LogP contribution in [0.15, 0.2) is 69.5 Å². The van der Waals surface area contributed by atoms with Crippen LogP contribution in [-0.2, 0) is 14.4 Å². The van der Waals surface area contributed by atoms with E-state index in [4.69, 9.17) is 4.74 Å². The van der Waals surface area contributed by atoms with Crippen LogP contribution in [-0.4, -0.2) is 36.0 Å². The van der Waals surface area contributed by atoms with E-state index >= 15 is 0 Å². The fraction of sp³-hybridized carbons (Fsp3) is 0.345. The van der Waals surface area contributed by atoms with Gasteiger partial charge in [-0.2, -0.15) is 0 Å². The number of anilines is 1. The second kappa shape index (κ2) is 10.1. The van der Waals surface area contributed by atoms with Gasteiger partial charge in [0.1, 0.15) is 5.75 Å². The molecule has 0 saturated carbocycles. The Bertz CT molecular complexity index is 1270. The highest BCUT2D eigenvalue weighted by atomic mass is 79.9. The molecule has 0 radical (unpaired) electrons. The molecule has 0 bridgehead atoms. The van der Waals surface area contributed by atoms with Crippen molar-refractivity contribution in [1.29, 1.82) is 0 Å². The van der Waals surface area contributed by atoms with Gasteiger partial charge in [0.15, 0.2) is 18.2 Å². The Labute approximate surface area is 219 Å². The third kappa shape index (κ3) is 4.64. The number of hydrogen-bond donors (Lipinski definition) is 1. The van der Waals surface area contributed by atoms with Crippen molar-refractivity contribution in [2.45, 2.75) is 51.4 Å². The number of benzene rings is 2. The Hall–Kier alpha value is -3.19. The van der Waals surface area contributed by atoms with Gasteiger partial charge in [-0.15, -0.1) is 0 Å². The number of ether oxygens (including phenoxy) is 1. The summed E-state index contributed by atoms with van der Waals surface area (Å²) in [7, 11) is 1.99. The molecule has 7 heteroatoms. The highest BCUT2D eigenvalue weighted by Gasteiger charge is 2.42. The number of halogens is 1. The summed E-state index contributed by atoms with van der Waals surface area (Å²) < 4.78 is 6.46. The predicted octanol–water partition coefficient (Wildman–Crippen LogP) is 5.82. The first-order chi connectivity index (χ1) is 17.3. The molecule has 3 aliphatic rings. The maximum Gasteiger partial charge on any atom is 0.262 e. The van der Waals surface area contributed by atoms with Crippen LogP contribution in [0.3, 0.4) is 0 Å². The molecule has 1 amide bonds. The van der Waals surface area contributed by atoms with Crippen LogP contribution >= 0.6 is 15.9 Å². The minimum Gasteiger partial charge on any atom is -0.483 e. The summed E-state index contributed by atoms with van der Waals surface area (Å²) in [6, 6.07) is 13.2. The van der Waals surface area contributed by atoms with Crippen LogP contribution in [0.2, 0.25) is 0 Å². The van der Waals surface area contributed by atoms with E-state index in [1.54, 1.807) is 6.07 Å². The molecule has 5 rings (SSSR count). The number of amides is 1. The van der Waals surface area contributed by atoms with Crippen molar-refractivity contribution in [1.82, 2.24) is 4.90 Å². The Morgan fingerprint density at radius 3 is 2.17 bits per heavy atom. The van der Waals surface area contributed by atoms with Gasteiger partial charge in [-0.25, -0.2) is 0 Å². The van der Waals surface area contributed by atoms with Gasteiger partial charge in [-0.1, -0.05) is 23.8 Å². The Kier molecular flexibility index (Phi) is 6.84. The molecule has 0 aromatic heterocycles. The lowest BCUT2D eigenvalue weighted by Crippen LogP contribution is -2.37. The molecule has 1 aliphatic heterocycles. The van der Waals surface area contributed by atoms with Crippen LogP contribution in [0.25, 0.3) is 0 Å². The first-order valence-corrected chi connectivity index (χ1v) is 13.2. The van der Waals surface area contributed by atoms with Crippen molar-refractivity contribution in [3.63, 3.8) is 0 Å². The molecule has 2 aliphatic carbocycles. The summed E-state index contributed by atoms with van der Waals surface area (Å²) in [5.41, 5.74) is 6.34. The van der Waals surface area contributed by atoms with E-state index in [0.717, 1.165) is 59.4 Å². The van der Waals surface area contributed by atoms with Gasteiger partial charge >= 0.3 is 0 Å². The molecule has 186 valence electrons. The summed E-state index contributed by atoms with van der Waals surface area (Å²) in [6.07, 6.45) is 4.39. The normalized spacial score (nSPS) is 18.2. The third-order valence-corrected chi connectivity index (χ3v) is 7.85. The van der Waals surface area contributed by atoms with E-state index in [0.29, 0.717) is 28.8 Å². The predicted molar refractivity (Wildman–Crippen MR) is 142 cm³/mol. The van der Waals surface area contributed by atoms with Crippen LogP contribution in [0, 0.1) is 6.92 Å². The zero-order valence-electron chi connectivity index (χ0n) is 20.5. The molecule has 1 N–H and O–H groups in total. The average Bonchev–Trinajstić information content (AvgIpc) is 2.86. The van der Waals surface area contributed by atoms with Crippen molar-refractivity contribution in [3.8, 4) is 5.75 Å². The Morgan fingerprint density at radius 2 is 1.58 bits per heavy atom. The number of ketones is 2. The fourth-order valence-electron chi connectivity index (χ4n) is 5.48. The summed E-state index contributed by atoms with van der Waals surface area (Å²) >= 11 is 3.59. The second-order valence-corrected chi connectivity index (χ2v) is 10.5. The van der Waals surface area contributed by atoms with Crippen LogP contribution in [0.5, 0.6) is 5.75 Å². The summed E-state index contributed by atoms with van der Waals surface area (Å²) in [5, 5.41) is 2.83. The Balaban J connectivity index is 1.40. The van der Waals surface area contributed by atoms with Crippen molar-refractivity contribution in [2.75, 3.05) is 19.0 Å². The molecular weight excluding hydrogens is 520 g/mol. The number of allylic oxidation sites excluding steroid dienone is 4. The van der Waals surface area contributed by atoms with Gasteiger partial charge in [0.05, 0.1) is 4.47 Å². The number of aryl methyl sites for hydroxylation is 1. The van der Waals surface area contributed by atoms with E-state index in [1.165, 1.54) is 0 Å². The number of Topliss-reactive ketones (excluding diaryl/α,β-unsaturated/α-hetero) is 2. The smallest absolute Gasteiger partial charge is 0.262 e. The first-order valence-electron chi connectivity index (χ1n) is 12.4. The minimum absolute atomic E-state index is 0.127. The number of nitrogens with one attached hydrogen (secondary N) is 1. The van der Waals surface area contributed by atoms with Gasteiger partial charge in [-0.3, -0.25) is 14.4 Å². The van der Waals surface area contributed by atoms with Crippen LogP contribution in [0.4, 0.5) is 5.69 Å². The lowest BCUT2D eigenvalue weighted by molar-refractivity contribution is -0.118. The first kappa shape index (κ1) is 24.5. The van der Waals surface area contributed by atoms with Crippen LogP contribution in [0.1, 0.15) is 55.6 Å². The van der Waals surface area contributed by atoms with Gasteiger partial charge in [0.25, 0.3) is 5.91 Å². The molecular formula is C29H29BrN2O4. The molecule has 2 aromatic carbocycles. The average molecular weight is 549 g/mol. The summed E-state index contributed by atoms with van der Waals surface area (Å²) in [5.74, 6) is 0.168. The van der Waals surface area contributed by atoms with Crippen molar-refractivity contribution < 1.29 is 19.1 Å². The zero-order valence-corrected chi connectivity index (χ0v) is 22.1. The maximum atomic E-state index is 13.1. The summed E-state index contributed by atoms with van der Waals surface area (Å²) in [4.78, 5) is 40.8. The summed E-state index contributed by atoms with van der Waals surface area (Å²) in [6.45, 7) is 1.85. The van der Waals surface area contributed by atoms with Crippen molar-refractivity contribution in [3.05, 3.63) is 80.6 Å². The van der Waals surface area contributed by atoms with Gasteiger partial charge in [0, 0.05) is 54.0 Å². The minimum atomic E-state index is -0.359. The number of hydrogen-bond acceptors (Lipinski definition) is 5. The monoisotopic (exact) mass is 548 g/mol. The Morgan fingerprint density at radius 1 is 0.972 bits per heavy atom. The SMILES string of the molecule is Cc1ccc(NC(=O)COc2ccc(C3C4=C(CCCC4=O)N(C)C4=C3C(=O)CCC4)cc2Br)cc1. The quantitative estimate of drug-likeness (QED) is 0.509. The molecule has 0 atom stereocenters.